The van der Waals surface area contributed by atoms with Crippen LogP contribution in [-0.4, -0.2) is 38.7 Å². The number of aryl methyl sites for hydroxylation is 1. The minimum Gasteiger partial charge on any atom is -0.337 e. The van der Waals surface area contributed by atoms with Gasteiger partial charge in [0.2, 0.25) is 5.91 Å². The van der Waals surface area contributed by atoms with Crippen molar-refractivity contribution in [2.24, 2.45) is 11.7 Å². The zero-order chi connectivity index (χ0) is 14.0. The molecule has 0 aromatic carbocycles. The van der Waals surface area contributed by atoms with Crippen molar-refractivity contribution in [2.75, 3.05) is 7.05 Å². The first-order valence-corrected chi connectivity index (χ1v) is 6.96. The van der Waals surface area contributed by atoms with Gasteiger partial charge in [-0.2, -0.15) is 0 Å². The van der Waals surface area contributed by atoms with E-state index in [0.29, 0.717) is 6.54 Å². The SMILES string of the molecule is CCC(C)C(N)C(=O)N(C)Cc1nnc2n1CCC2. The number of likely N-dealkylation sites (N-methyl/N-ethyl adjacent to an activating group) is 1. The first-order valence-electron chi connectivity index (χ1n) is 6.96. The van der Waals surface area contributed by atoms with Crippen LogP contribution in [0, 0.1) is 5.92 Å². The Morgan fingerprint density at radius 3 is 2.95 bits per heavy atom. The Kier molecular flexibility index (Phi) is 4.19. The summed E-state index contributed by atoms with van der Waals surface area (Å²) in [5, 5.41) is 8.31. The highest BCUT2D eigenvalue weighted by Crippen LogP contribution is 2.16. The maximum absolute atomic E-state index is 12.2. The predicted octanol–water partition coefficient (Wildman–Crippen LogP) is 0.556. The van der Waals surface area contributed by atoms with Crippen molar-refractivity contribution in [3.63, 3.8) is 0 Å². The monoisotopic (exact) mass is 265 g/mol. The molecule has 0 radical (unpaired) electrons. The molecule has 0 fully saturated rings. The van der Waals surface area contributed by atoms with Crippen LogP contribution < -0.4 is 5.73 Å². The van der Waals surface area contributed by atoms with Crippen LogP contribution in [0.25, 0.3) is 0 Å². The summed E-state index contributed by atoms with van der Waals surface area (Å²) in [6, 6.07) is -0.434. The van der Waals surface area contributed by atoms with Crippen LogP contribution in [0.5, 0.6) is 0 Å². The van der Waals surface area contributed by atoms with Gasteiger partial charge in [0.25, 0.3) is 0 Å². The van der Waals surface area contributed by atoms with Gasteiger partial charge in [-0.1, -0.05) is 20.3 Å². The third-order valence-corrected chi connectivity index (χ3v) is 3.98. The Hall–Kier alpha value is -1.43. The predicted molar refractivity (Wildman–Crippen MR) is 72.2 cm³/mol. The number of rotatable bonds is 5. The standard InChI is InChI=1S/C13H23N5O/c1-4-9(2)12(14)13(19)17(3)8-11-16-15-10-6-5-7-18(10)11/h9,12H,4-8,14H2,1-3H3. The van der Waals surface area contributed by atoms with Crippen LogP contribution in [0.3, 0.4) is 0 Å². The van der Waals surface area contributed by atoms with E-state index in [1.165, 1.54) is 0 Å². The molecule has 106 valence electrons. The average molecular weight is 265 g/mol. The summed E-state index contributed by atoms with van der Waals surface area (Å²) in [6.45, 7) is 5.49. The van der Waals surface area contributed by atoms with Crippen molar-refractivity contribution in [3.8, 4) is 0 Å². The molecule has 2 atom stereocenters. The molecule has 2 heterocycles. The number of aromatic nitrogens is 3. The summed E-state index contributed by atoms with van der Waals surface area (Å²) >= 11 is 0. The van der Waals surface area contributed by atoms with E-state index in [4.69, 9.17) is 5.73 Å². The van der Waals surface area contributed by atoms with E-state index in [0.717, 1.165) is 37.5 Å². The number of nitrogens with two attached hydrogens (primary N) is 1. The molecule has 2 N–H and O–H groups in total. The molecule has 2 unspecified atom stereocenters. The second kappa shape index (κ2) is 5.69. The molecule has 1 aliphatic rings. The lowest BCUT2D eigenvalue weighted by molar-refractivity contribution is -0.133. The first-order chi connectivity index (χ1) is 9.04. The minimum atomic E-state index is -0.434. The zero-order valence-corrected chi connectivity index (χ0v) is 12.0. The molecule has 2 rings (SSSR count). The van der Waals surface area contributed by atoms with Crippen LogP contribution in [0.4, 0.5) is 0 Å². The van der Waals surface area contributed by atoms with E-state index in [1.54, 1.807) is 11.9 Å². The van der Waals surface area contributed by atoms with Gasteiger partial charge < -0.3 is 15.2 Å². The van der Waals surface area contributed by atoms with Crippen molar-refractivity contribution >= 4 is 5.91 Å². The molecule has 6 nitrogen and oxygen atoms in total. The second-order valence-electron chi connectivity index (χ2n) is 5.39. The summed E-state index contributed by atoms with van der Waals surface area (Å²) in [5.41, 5.74) is 5.98. The van der Waals surface area contributed by atoms with Crippen LogP contribution in [0.1, 0.15) is 38.3 Å². The molecule has 1 aromatic rings. The number of fused-ring (bicyclic) bond motifs is 1. The summed E-state index contributed by atoms with van der Waals surface area (Å²) in [4.78, 5) is 13.9. The maximum atomic E-state index is 12.2. The van der Waals surface area contributed by atoms with Gasteiger partial charge in [-0.15, -0.1) is 10.2 Å². The summed E-state index contributed by atoms with van der Waals surface area (Å²) in [5.74, 6) is 2.06. The fourth-order valence-corrected chi connectivity index (χ4v) is 2.37. The van der Waals surface area contributed by atoms with Gasteiger partial charge in [-0.3, -0.25) is 4.79 Å². The van der Waals surface area contributed by atoms with Crippen molar-refractivity contribution in [1.29, 1.82) is 0 Å². The quantitative estimate of drug-likeness (QED) is 0.843. The number of carbonyl (C=O) groups excluding carboxylic acids is 1. The van der Waals surface area contributed by atoms with E-state index in [9.17, 15) is 4.79 Å². The Morgan fingerprint density at radius 2 is 2.26 bits per heavy atom. The van der Waals surface area contributed by atoms with Gasteiger partial charge in [0.05, 0.1) is 12.6 Å². The van der Waals surface area contributed by atoms with Gasteiger partial charge in [0.1, 0.15) is 5.82 Å². The maximum Gasteiger partial charge on any atom is 0.239 e. The molecule has 0 saturated carbocycles. The molecule has 0 bridgehead atoms. The van der Waals surface area contributed by atoms with E-state index in [1.807, 2.05) is 13.8 Å². The third-order valence-electron chi connectivity index (χ3n) is 3.98. The number of hydrogen-bond acceptors (Lipinski definition) is 4. The van der Waals surface area contributed by atoms with E-state index >= 15 is 0 Å². The van der Waals surface area contributed by atoms with Crippen molar-refractivity contribution in [2.45, 2.75) is 52.2 Å². The number of carbonyl (C=O) groups is 1. The summed E-state index contributed by atoms with van der Waals surface area (Å²) in [7, 11) is 1.78. The van der Waals surface area contributed by atoms with E-state index in [-0.39, 0.29) is 11.8 Å². The third kappa shape index (κ3) is 2.78. The van der Waals surface area contributed by atoms with Crippen molar-refractivity contribution < 1.29 is 4.79 Å². The van der Waals surface area contributed by atoms with Gasteiger partial charge in [-0.25, -0.2) is 0 Å². The molecule has 1 amide bonds. The Balaban J connectivity index is 2.00. The lowest BCUT2D eigenvalue weighted by Crippen LogP contribution is -2.45. The van der Waals surface area contributed by atoms with Gasteiger partial charge >= 0.3 is 0 Å². The molecule has 6 heteroatoms. The minimum absolute atomic E-state index is 0.0234. The fourth-order valence-electron chi connectivity index (χ4n) is 2.37. The number of hydrogen-bond donors (Lipinski definition) is 1. The fraction of sp³-hybridized carbons (Fsp3) is 0.769. The highest BCUT2D eigenvalue weighted by atomic mass is 16.2. The molecule has 0 spiro atoms. The second-order valence-corrected chi connectivity index (χ2v) is 5.39. The van der Waals surface area contributed by atoms with Crippen LogP contribution in [0.15, 0.2) is 0 Å². The lowest BCUT2D eigenvalue weighted by Gasteiger charge is -2.24. The van der Waals surface area contributed by atoms with Gasteiger partial charge in [-0.05, 0) is 12.3 Å². The van der Waals surface area contributed by atoms with Crippen LogP contribution in [0.2, 0.25) is 0 Å². The molecule has 19 heavy (non-hydrogen) atoms. The highest BCUT2D eigenvalue weighted by molar-refractivity contribution is 5.81. The molecular weight excluding hydrogens is 242 g/mol. The van der Waals surface area contributed by atoms with Crippen LogP contribution >= 0.6 is 0 Å². The normalized spacial score (nSPS) is 17.1. The summed E-state index contributed by atoms with van der Waals surface area (Å²) < 4.78 is 2.11. The van der Waals surface area contributed by atoms with E-state index in [2.05, 4.69) is 14.8 Å². The zero-order valence-electron chi connectivity index (χ0n) is 12.0. The smallest absolute Gasteiger partial charge is 0.239 e. The van der Waals surface area contributed by atoms with Crippen LogP contribution in [-0.2, 0) is 24.3 Å². The topological polar surface area (TPSA) is 77.0 Å². The molecule has 1 aliphatic heterocycles. The first kappa shape index (κ1) is 14.0. The summed E-state index contributed by atoms with van der Waals surface area (Å²) in [6.07, 6.45) is 3.00. The molecule has 0 aliphatic carbocycles. The Morgan fingerprint density at radius 1 is 1.53 bits per heavy atom. The van der Waals surface area contributed by atoms with Gasteiger partial charge in [0, 0.05) is 20.0 Å². The Bertz CT molecular complexity index is 456. The molecule has 1 aromatic heterocycles. The Labute approximate surface area is 114 Å². The van der Waals surface area contributed by atoms with E-state index < -0.39 is 6.04 Å². The van der Waals surface area contributed by atoms with Crippen molar-refractivity contribution in [3.05, 3.63) is 11.6 Å². The molecule has 0 saturated heterocycles. The highest BCUT2D eigenvalue weighted by Gasteiger charge is 2.25. The molecular formula is C13H23N5O. The van der Waals surface area contributed by atoms with Gasteiger partial charge in [0.15, 0.2) is 5.82 Å². The number of amides is 1. The average Bonchev–Trinajstić information content (AvgIpc) is 3.00. The van der Waals surface area contributed by atoms with Crippen molar-refractivity contribution in [1.82, 2.24) is 19.7 Å². The largest absolute Gasteiger partial charge is 0.337 e. The lowest BCUT2D eigenvalue weighted by atomic mass is 9.99. The number of nitrogens with zero attached hydrogens (tertiary/aromatic N) is 4.